The van der Waals surface area contributed by atoms with Crippen LogP contribution in [0.15, 0.2) is 0 Å². The van der Waals surface area contributed by atoms with Crippen LogP contribution in [0.5, 0.6) is 0 Å². The smallest absolute Gasteiger partial charge is 0.781 e. The second-order valence-corrected chi connectivity index (χ2v) is 5.62. The Morgan fingerprint density at radius 3 is 1.45 bits per heavy atom. The van der Waals surface area contributed by atoms with Crippen LogP contribution in [0.4, 0.5) is 0 Å². The number of aliphatic hydroxyl groups is 1. The summed E-state index contributed by atoms with van der Waals surface area (Å²) in [5.74, 6) is 0. The van der Waals surface area contributed by atoms with Crippen LogP contribution in [0, 0.1) is 0 Å². The van der Waals surface area contributed by atoms with E-state index in [0.717, 1.165) is 6.42 Å². The number of hydrogen-bond donors (Lipinski definition) is 1. The van der Waals surface area contributed by atoms with Crippen LogP contribution < -0.4 is 68.9 Å². The van der Waals surface area contributed by atoms with Gasteiger partial charge in [-0.05, 0) is 6.42 Å². The maximum absolute atomic E-state index is 9.29. The van der Waals surface area contributed by atoms with E-state index in [4.69, 9.17) is 5.11 Å². The molecule has 20 heavy (non-hydrogen) atoms. The van der Waals surface area contributed by atoms with Gasteiger partial charge in [-0.1, -0.05) is 51.9 Å². The minimum absolute atomic E-state index is 0. The first-order valence-corrected chi connectivity index (χ1v) is 8.70. The Morgan fingerprint density at radius 1 is 0.850 bits per heavy atom. The molecule has 112 valence electrons. The van der Waals surface area contributed by atoms with Gasteiger partial charge < -0.3 is 24.0 Å². The summed E-state index contributed by atoms with van der Waals surface area (Å²) >= 11 is 0. The van der Waals surface area contributed by atoms with Crippen LogP contribution in [0.25, 0.3) is 0 Å². The van der Waals surface area contributed by atoms with Crippen molar-refractivity contribution in [2.75, 3.05) is 6.61 Å². The van der Waals surface area contributed by atoms with E-state index in [1.54, 1.807) is 0 Å². The van der Waals surface area contributed by atoms with Gasteiger partial charge in [0.25, 0.3) is 0 Å². The minimum atomic E-state index is -3.51. The monoisotopic (exact) mass is 348 g/mol. The van der Waals surface area contributed by atoms with E-state index in [9.17, 15) is 18.9 Å². The molecule has 0 bridgehead atoms. The summed E-state index contributed by atoms with van der Waals surface area (Å²) in [4.78, 5) is 18.6. The van der Waals surface area contributed by atoms with Crippen molar-refractivity contribution in [3.05, 3.63) is 0 Å². The third kappa shape index (κ3) is 37.0. The molecule has 0 aliphatic rings. The Kier molecular flexibility index (Phi) is 39.6. The fourth-order valence-electron chi connectivity index (χ4n) is 1.31. The van der Waals surface area contributed by atoms with Crippen LogP contribution in [0.2, 0.25) is 0 Å². The number of aliphatic hydroxyl groups excluding tert-OH is 1. The number of rotatable bonds is 10. The maximum Gasteiger partial charge on any atom is 1.00 e. The quantitative estimate of drug-likeness (QED) is 0.243. The Balaban J connectivity index is -0.000000126. The van der Waals surface area contributed by atoms with Gasteiger partial charge in [-0.3, -0.25) is 4.31 Å². The van der Waals surface area contributed by atoms with Crippen LogP contribution in [0.3, 0.4) is 0 Å². The van der Waals surface area contributed by atoms with E-state index in [-0.39, 0.29) is 59.1 Å². The van der Waals surface area contributed by atoms with E-state index < -0.39 is 16.5 Å². The molecule has 0 aromatic rings. The normalized spacial score (nSPS) is 12.2. The second kappa shape index (κ2) is 26.2. The van der Waals surface area contributed by atoms with Crippen molar-refractivity contribution in [2.45, 2.75) is 58.3 Å². The standard InChI is InChI=1S/C10H22O.2Na.H4O5P2/c1-2-3-4-5-6-7-8-9-10-11;;;1-6(2)5-7(3)4/h11H,2-10H2,1H3;;;6-7H,(H,1,2)(H,3,4)/q;2*+1;/p-2. The fourth-order valence-corrected chi connectivity index (χ4v) is 1.86. The van der Waals surface area contributed by atoms with Gasteiger partial charge >= 0.3 is 59.1 Å². The number of unbranched alkanes of at least 4 members (excludes halogenated alkanes) is 7. The Hall–Kier alpha value is 2.30. The average Bonchev–Trinajstić information content (AvgIpc) is 2.27. The van der Waals surface area contributed by atoms with Gasteiger partial charge in [-0.15, -0.1) is 0 Å². The van der Waals surface area contributed by atoms with Crippen molar-refractivity contribution < 1.29 is 87.4 Å². The first-order chi connectivity index (χ1) is 8.54. The molecule has 0 saturated carbocycles. The van der Waals surface area contributed by atoms with Crippen LogP contribution >= 0.6 is 16.5 Å². The van der Waals surface area contributed by atoms with Gasteiger partial charge in [-0.2, -0.15) is 0 Å². The largest absolute Gasteiger partial charge is 1.00 e. The van der Waals surface area contributed by atoms with Crippen molar-refractivity contribution in [1.29, 1.82) is 0 Å². The molecule has 0 radical (unpaired) electrons. The third-order valence-electron chi connectivity index (χ3n) is 2.18. The van der Waals surface area contributed by atoms with Gasteiger partial charge in [0.2, 0.25) is 0 Å². The summed E-state index contributed by atoms with van der Waals surface area (Å²) < 4.78 is 21.8. The predicted molar refractivity (Wildman–Crippen MR) is 68.8 cm³/mol. The molecule has 6 nitrogen and oxygen atoms in total. The summed E-state index contributed by atoms with van der Waals surface area (Å²) in [5.41, 5.74) is 0. The molecule has 2 atom stereocenters. The summed E-state index contributed by atoms with van der Waals surface area (Å²) in [6.07, 6.45) is 10.4. The first kappa shape index (κ1) is 30.2. The van der Waals surface area contributed by atoms with Crippen molar-refractivity contribution >= 4 is 16.5 Å². The molecule has 0 aromatic heterocycles. The summed E-state index contributed by atoms with van der Waals surface area (Å²) in [7, 11) is -7.03. The van der Waals surface area contributed by atoms with E-state index in [1.165, 1.54) is 44.9 Å². The van der Waals surface area contributed by atoms with Crippen molar-refractivity contribution in [2.24, 2.45) is 0 Å². The van der Waals surface area contributed by atoms with Gasteiger partial charge in [-0.25, -0.2) is 0 Å². The molecule has 0 rings (SSSR count). The Labute approximate surface area is 167 Å². The zero-order valence-electron chi connectivity index (χ0n) is 12.9. The summed E-state index contributed by atoms with van der Waals surface area (Å²) in [6.45, 7) is 2.61. The molecule has 2 unspecified atom stereocenters. The molecule has 0 aliphatic heterocycles. The average molecular weight is 348 g/mol. The molecule has 0 heterocycles. The van der Waals surface area contributed by atoms with E-state index in [0.29, 0.717) is 6.61 Å². The molecule has 1 N–H and O–H groups in total. The van der Waals surface area contributed by atoms with E-state index in [2.05, 4.69) is 11.2 Å². The van der Waals surface area contributed by atoms with Gasteiger partial charge in [0, 0.05) is 6.61 Å². The second-order valence-electron chi connectivity index (χ2n) is 3.80. The van der Waals surface area contributed by atoms with Gasteiger partial charge in [0.1, 0.15) is 16.5 Å². The van der Waals surface area contributed by atoms with Crippen molar-refractivity contribution in [3.63, 3.8) is 0 Å². The van der Waals surface area contributed by atoms with E-state index >= 15 is 0 Å². The van der Waals surface area contributed by atoms with Crippen LogP contribution in [-0.2, 0) is 13.4 Å². The van der Waals surface area contributed by atoms with Crippen LogP contribution in [-0.4, -0.2) is 11.7 Å². The Morgan fingerprint density at radius 2 is 1.20 bits per heavy atom. The van der Waals surface area contributed by atoms with Crippen molar-refractivity contribution in [1.82, 2.24) is 0 Å². The van der Waals surface area contributed by atoms with Gasteiger partial charge in [0.05, 0.1) is 0 Å². The minimum Gasteiger partial charge on any atom is -0.781 e. The van der Waals surface area contributed by atoms with Crippen molar-refractivity contribution in [3.8, 4) is 0 Å². The van der Waals surface area contributed by atoms with Gasteiger partial charge in [0.15, 0.2) is 0 Å². The van der Waals surface area contributed by atoms with E-state index in [1.807, 2.05) is 0 Å². The molecular formula is C10H24Na2O6P2. The third-order valence-corrected chi connectivity index (χ3v) is 3.51. The van der Waals surface area contributed by atoms with Crippen LogP contribution in [0.1, 0.15) is 58.3 Å². The summed E-state index contributed by atoms with van der Waals surface area (Å²) in [6, 6.07) is 0. The zero-order valence-corrected chi connectivity index (χ0v) is 18.9. The molecular weight excluding hydrogens is 324 g/mol. The molecule has 0 spiro atoms. The topological polar surface area (TPSA) is 110 Å². The molecule has 0 aromatic carbocycles. The number of hydrogen-bond acceptors (Lipinski definition) is 6. The maximum atomic E-state index is 9.29. The Bertz CT molecular complexity index is 202. The zero-order chi connectivity index (χ0) is 14.2. The molecule has 0 amide bonds. The molecule has 0 fully saturated rings. The molecule has 0 aliphatic carbocycles. The molecule has 10 heteroatoms. The SMILES string of the molecule is CCCCCCCCCCO.O=[PH]([O-])O[PH](=O)[O-].[Na+].[Na+]. The fraction of sp³-hybridized carbons (Fsp3) is 1.00. The predicted octanol–water partition coefficient (Wildman–Crippen LogP) is -4.37. The first-order valence-electron chi connectivity index (χ1n) is 6.25. The molecule has 0 saturated heterocycles. The summed E-state index contributed by atoms with van der Waals surface area (Å²) in [5, 5.41) is 8.51.